The highest BCUT2D eigenvalue weighted by molar-refractivity contribution is 6.30. The van der Waals surface area contributed by atoms with Crippen molar-refractivity contribution in [3.05, 3.63) is 59.1 Å². The summed E-state index contributed by atoms with van der Waals surface area (Å²) in [6.45, 7) is 5.85. The lowest BCUT2D eigenvalue weighted by atomic mass is 10.2. The Hall–Kier alpha value is -2.46. The van der Waals surface area contributed by atoms with Crippen molar-refractivity contribution in [1.82, 2.24) is 0 Å². The Balaban J connectivity index is 2.16. The maximum absolute atomic E-state index is 12.2. The second-order valence-corrected chi connectivity index (χ2v) is 5.76. The van der Waals surface area contributed by atoms with Gasteiger partial charge < -0.3 is 16.0 Å². The lowest BCUT2D eigenvalue weighted by Gasteiger charge is -2.24. The number of nitrogen functional groups attached to an aromatic ring is 1. The van der Waals surface area contributed by atoms with Crippen LogP contribution in [0.5, 0.6) is 0 Å². The standard InChI is InChI=1S/C19H22ClN3O/c1-3-23(4-2)18-11-10-16(21)13-17(18)22-19(24)12-7-14-5-8-15(20)9-6-14/h5-13H,3-4,21H2,1-2H3,(H,22,24)/b12-7+. The van der Waals surface area contributed by atoms with Crippen LogP contribution in [0.1, 0.15) is 19.4 Å². The van der Waals surface area contributed by atoms with Crippen LogP contribution in [0.2, 0.25) is 5.02 Å². The summed E-state index contributed by atoms with van der Waals surface area (Å²) in [4.78, 5) is 14.4. The van der Waals surface area contributed by atoms with Crippen molar-refractivity contribution in [1.29, 1.82) is 0 Å². The molecule has 2 aromatic rings. The number of halogens is 1. The third kappa shape index (κ3) is 4.77. The van der Waals surface area contributed by atoms with E-state index in [4.69, 9.17) is 17.3 Å². The molecule has 2 rings (SSSR count). The molecule has 0 unspecified atom stereocenters. The van der Waals surface area contributed by atoms with E-state index in [-0.39, 0.29) is 5.91 Å². The van der Waals surface area contributed by atoms with Crippen LogP contribution in [-0.2, 0) is 4.79 Å². The number of amides is 1. The lowest BCUT2D eigenvalue weighted by molar-refractivity contribution is -0.111. The van der Waals surface area contributed by atoms with Gasteiger partial charge in [-0.25, -0.2) is 0 Å². The third-order valence-electron chi connectivity index (χ3n) is 3.68. The zero-order valence-electron chi connectivity index (χ0n) is 13.9. The first-order chi connectivity index (χ1) is 11.5. The van der Waals surface area contributed by atoms with E-state index >= 15 is 0 Å². The van der Waals surface area contributed by atoms with E-state index in [1.807, 2.05) is 24.3 Å². The van der Waals surface area contributed by atoms with Crippen LogP contribution < -0.4 is 16.0 Å². The van der Waals surface area contributed by atoms with Gasteiger partial charge in [0, 0.05) is 29.9 Å². The van der Waals surface area contributed by atoms with E-state index in [1.165, 1.54) is 6.08 Å². The van der Waals surface area contributed by atoms with E-state index < -0.39 is 0 Å². The van der Waals surface area contributed by atoms with E-state index in [0.29, 0.717) is 16.4 Å². The van der Waals surface area contributed by atoms with Gasteiger partial charge in [0.05, 0.1) is 11.4 Å². The maximum Gasteiger partial charge on any atom is 0.248 e. The van der Waals surface area contributed by atoms with Crippen molar-refractivity contribution in [3.8, 4) is 0 Å². The summed E-state index contributed by atoms with van der Waals surface area (Å²) in [6, 6.07) is 12.8. The molecule has 0 saturated heterocycles. The molecule has 0 aromatic heterocycles. The molecule has 0 fully saturated rings. The van der Waals surface area contributed by atoms with E-state index in [2.05, 4.69) is 24.1 Å². The summed E-state index contributed by atoms with van der Waals surface area (Å²) in [5, 5.41) is 3.58. The minimum atomic E-state index is -0.205. The lowest BCUT2D eigenvalue weighted by Crippen LogP contribution is -2.24. The van der Waals surface area contributed by atoms with Crippen molar-refractivity contribution >= 4 is 40.6 Å². The van der Waals surface area contributed by atoms with Crippen LogP contribution in [0.4, 0.5) is 17.1 Å². The Kier molecular flexibility index (Phi) is 6.27. The number of nitrogens with two attached hydrogens (primary N) is 1. The molecule has 0 aliphatic heterocycles. The van der Waals surface area contributed by atoms with Crippen molar-refractivity contribution in [3.63, 3.8) is 0 Å². The van der Waals surface area contributed by atoms with Gasteiger partial charge in [0.2, 0.25) is 5.91 Å². The Bertz CT molecular complexity index is 722. The molecular formula is C19H22ClN3O. The molecule has 0 aliphatic rings. The van der Waals surface area contributed by atoms with Gasteiger partial charge in [0.1, 0.15) is 0 Å². The number of carbonyl (C=O) groups is 1. The third-order valence-corrected chi connectivity index (χ3v) is 3.93. The van der Waals surface area contributed by atoms with Gasteiger partial charge in [-0.15, -0.1) is 0 Å². The Morgan fingerprint density at radius 2 is 1.83 bits per heavy atom. The molecule has 1 amide bonds. The molecule has 5 heteroatoms. The zero-order chi connectivity index (χ0) is 17.5. The van der Waals surface area contributed by atoms with E-state index in [9.17, 15) is 4.79 Å². The quantitative estimate of drug-likeness (QED) is 0.603. The Morgan fingerprint density at radius 1 is 1.17 bits per heavy atom. The van der Waals surface area contributed by atoms with Gasteiger partial charge in [-0.05, 0) is 55.8 Å². The molecule has 0 atom stereocenters. The van der Waals surface area contributed by atoms with Crippen molar-refractivity contribution in [2.45, 2.75) is 13.8 Å². The number of anilines is 3. The summed E-state index contributed by atoms with van der Waals surface area (Å²) in [5.41, 5.74) is 9.06. The highest BCUT2D eigenvalue weighted by Crippen LogP contribution is 2.28. The average molecular weight is 344 g/mol. The molecule has 0 saturated carbocycles. The summed E-state index contributed by atoms with van der Waals surface area (Å²) < 4.78 is 0. The molecule has 4 nitrogen and oxygen atoms in total. The van der Waals surface area contributed by atoms with Gasteiger partial charge in [0.25, 0.3) is 0 Å². The van der Waals surface area contributed by atoms with Crippen LogP contribution in [0, 0.1) is 0 Å². The zero-order valence-corrected chi connectivity index (χ0v) is 14.7. The summed E-state index contributed by atoms with van der Waals surface area (Å²) in [6.07, 6.45) is 3.24. The van der Waals surface area contributed by atoms with Crippen LogP contribution in [0.3, 0.4) is 0 Å². The fraction of sp³-hybridized carbons (Fsp3) is 0.211. The van der Waals surface area contributed by atoms with Crippen molar-refractivity contribution < 1.29 is 4.79 Å². The number of nitrogens with zero attached hydrogens (tertiary/aromatic N) is 1. The van der Waals surface area contributed by atoms with Gasteiger partial charge >= 0.3 is 0 Å². The smallest absolute Gasteiger partial charge is 0.248 e. The molecule has 0 bridgehead atoms. The first-order valence-corrected chi connectivity index (χ1v) is 8.30. The summed E-state index contributed by atoms with van der Waals surface area (Å²) in [7, 11) is 0. The van der Waals surface area contributed by atoms with E-state index in [0.717, 1.165) is 24.3 Å². The number of hydrogen-bond donors (Lipinski definition) is 2. The predicted molar refractivity (Wildman–Crippen MR) is 104 cm³/mol. The molecule has 0 heterocycles. The fourth-order valence-electron chi connectivity index (χ4n) is 2.41. The van der Waals surface area contributed by atoms with Crippen molar-refractivity contribution in [2.24, 2.45) is 0 Å². The van der Waals surface area contributed by atoms with Gasteiger partial charge in [-0.1, -0.05) is 23.7 Å². The maximum atomic E-state index is 12.2. The second kappa shape index (κ2) is 8.41. The molecule has 0 spiro atoms. The molecule has 24 heavy (non-hydrogen) atoms. The first kappa shape index (κ1) is 17.9. The van der Waals surface area contributed by atoms with Crippen LogP contribution in [-0.4, -0.2) is 19.0 Å². The number of carbonyl (C=O) groups excluding carboxylic acids is 1. The highest BCUT2D eigenvalue weighted by Gasteiger charge is 2.10. The first-order valence-electron chi connectivity index (χ1n) is 7.92. The number of rotatable bonds is 6. The van der Waals surface area contributed by atoms with Gasteiger partial charge in [-0.3, -0.25) is 4.79 Å². The fourth-order valence-corrected chi connectivity index (χ4v) is 2.54. The number of hydrogen-bond acceptors (Lipinski definition) is 3. The van der Waals surface area contributed by atoms with E-state index in [1.54, 1.807) is 24.3 Å². The molecular weight excluding hydrogens is 322 g/mol. The predicted octanol–water partition coefficient (Wildman–Crippen LogP) is 4.42. The molecule has 0 radical (unpaired) electrons. The summed E-state index contributed by atoms with van der Waals surface area (Å²) >= 11 is 5.85. The Labute approximate surface area is 147 Å². The molecule has 3 N–H and O–H groups in total. The average Bonchev–Trinajstić information content (AvgIpc) is 2.57. The number of benzene rings is 2. The molecule has 0 aliphatic carbocycles. The second-order valence-electron chi connectivity index (χ2n) is 5.32. The minimum Gasteiger partial charge on any atom is -0.399 e. The minimum absolute atomic E-state index is 0.205. The normalized spacial score (nSPS) is 10.8. The van der Waals surface area contributed by atoms with Gasteiger partial charge in [0.15, 0.2) is 0 Å². The van der Waals surface area contributed by atoms with Crippen molar-refractivity contribution in [2.75, 3.05) is 29.0 Å². The highest BCUT2D eigenvalue weighted by atomic mass is 35.5. The van der Waals surface area contributed by atoms with Gasteiger partial charge in [-0.2, -0.15) is 0 Å². The number of nitrogens with one attached hydrogen (secondary N) is 1. The molecule has 2 aromatic carbocycles. The van der Waals surface area contributed by atoms with Crippen LogP contribution in [0.15, 0.2) is 48.5 Å². The SMILES string of the molecule is CCN(CC)c1ccc(N)cc1NC(=O)/C=C/c1ccc(Cl)cc1. The van der Waals surface area contributed by atoms with Crippen LogP contribution in [0.25, 0.3) is 6.08 Å². The largest absolute Gasteiger partial charge is 0.399 e. The summed E-state index contributed by atoms with van der Waals surface area (Å²) in [5.74, 6) is -0.205. The monoisotopic (exact) mass is 343 g/mol. The van der Waals surface area contributed by atoms with Crippen LogP contribution >= 0.6 is 11.6 Å². The molecule has 126 valence electrons. The Morgan fingerprint density at radius 3 is 2.46 bits per heavy atom. The topological polar surface area (TPSA) is 58.4 Å².